The Labute approximate surface area is 116 Å². The van der Waals surface area contributed by atoms with Crippen LogP contribution < -0.4 is 5.73 Å². The number of hydrogen-bond acceptors (Lipinski definition) is 2. The lowest BCUT2D eigenvalue weighted by Gasteiger charge is -2.37. The van der Waals surface area contributed by atoms with Gasteiger partial charge in [-0.1, -0.05) is 27.2 Å². The second-order valence-electron chi connectivity index (χ2n) is 7.05. The number of amidine groups is 1. The molecule has 1 aliphatic heterocycles. The van der Waals surface area contributed by atoms with Gasteiger partial charge in [0.15, 0.2) is 0 Å². The molecule has 2 amide bonds. The molecular formula is C15H27N3O. The summed E-state index contributed by atoms with van der Waals surface area (Å²) >= 11 is 0. The third-order valence-corrected chi connectivity index (χ3v) is 5.03. The van der Waals surface area contributed by atoms with E-state index in [9.17, 15) is 4.79 Å². The van der Waals surface area contributed by atoms with E-state index in [4.69, 9.17) is 5.73 Å². The third-order valence-electron chi connectivity index (χ3n) is 5.03. The molecule has 0 radical (unpaired) electrons. The van der Waals surface area contributed by atoms with Crippen LogP contribution in [0.25, 0.3) is 0 Å². The van der Waals surface area contributed by atoms with Gasteiger partial charge in [0.05, 0.1) is 0 Å². The van der Waals surface area contributed by atoms with Gasteiger partial charge in [-0.15, -0.1) is 0 Å². The summed E-state index contributed by atoms with van der Waals surface area (Å²) in [6.07, 6.45) is 5.41. The summed E-state index contributed by atoms with van der Waals surface area (Å²) in [5, 5.41) is 0. The van der Waals surface area contributed by atoms with Gasteiger partial charge in [-0.25, -0.2) is 4.79 Å². The van der Waals surface area contributed by atoms with Crippen molar-refractivity contribution >= 4 is 11.9 Å². The normalized spacial score (nSPS) is 32.6. The van der Waals surface area contributed by atoms with Gasteiger partial charge in [0.1, 0.15) is 11.4 Å². The first-order valence-corrected chi connectivity index (χ1v) is 7.47. The van der Waals surface area contributed by atoms with Crippen molar-refractivity contribution in [2.75, 3.05) is 6.54 Å². The molecule has 0 saturated heterocycles. The summed E-state index contributed by atoms with van der Waals surface area (Å²) in [7, 11) is 0. The fourth-order valence-electron chi connectivity index (χ4n) is 3.74. The lowest BCUT2D eigenvalue weighted by atomic mass is 9.76. The minimum atomic E-state index is -0.286. The Balaban J connectivity index is 2.22. The fraction of sp³-hybridized carbons (Fsp3) is 0.867. The molecule has 2 aliphatic rings. The van der Waals surface area contributed by atoms with Crippen LogP contribution in [0.5, 0.6) is 0 Å². The van der Waals surface area contributed by atoms with E-state index in [0.717, 1.165) is 25.7 Å². The lowest BCUT2D eigenvalue weighted by Crippen LogP contribution is -2.53. The van der Waals surface area contributed by atoms with E-state index in [1.807, 2.05) is 11.8 Å². The number of carbonyl (C=O) groups excluding carboxylic acids is 1. The zero-order valence-electron chi connectivity index (χ0n) is 12.7. The minimum Gasteiger partial charge on any atom is -0.385 e. The van der Waals surface area contributed by atoms with E-state index in [2.05, 4.69) is 25.8 Å². The molecule has 0 aromatic carbocycles. The van der Waals surface area contributed by atoms with Crippen molar-refractivity contribution in [2.24, 2.45) is 22.1 Å². The molecule has 1 saturated carbocycles. The van der Waals surface area contributed by atoms with Crippen LogP contribution in [0.3, 0.4) is 0 Å². The van der Waals surface area contributed by atoms with Crippen molar-refractivity contribution in [1.29, 1.82) is 0 Å². The van der Waals surface area contributed by atoms with Crippen LogP contribution in [-0.4, -0.2) is 28.9 Å². The number of carbonyl (C=O) groups is 1. The molecular weight excluding hydrogens is 238 g/mol. The van der Waals surface area contributed by atoms with Gasteiger partial charge in [-0.2, -0.15) is 4.99 Å². The van der Waals surface area contributed by atoms with Gasteiger partial charge in [-0.3, -0.25) is 0 Å². The zero-order valence-corrected chi connectivity index (χ0v) is 12.7. The average Bonchev–Trinajstić information content (AvgIpc) is 2.49. The molecule has 2 N–H and O–H groups in total. The van der Waals surface area contributed by atoms with Crippen molar-refractivity contribution in [3.63, 3.8) is 0 Å². The minimum absolute atomic E-state index is 0.144. The molecule has 1 aliphatic carbocycles. The Morgan fingerprint density at radius 1 is 1.37 bits per heavy atom. The van der Waals surface area contributed by atoms with E-state index < -0.39 is 0 Å². The third kappa shape index (κ3) is 2.37. The molecule has 0 bridgehead atoms. The van der Waals surface area contributed by atoms with Crippen LogP contribution in [-0.2, 0) is 0 Å². The molecule has 4 heteroatoms. The van der Waals surface area contributed by atoms with E-state index in [1.54, 1.807) is 0 Å². The first-order chi connectivity index (χ1) is 8.81. The summed E-state index contributed by atoms with van der Waals surface area (Å²) in [6, 6.07) is -0.144. The van der Waals surface area contributed by atoms with Crippen molar-refractivity contribution in [1.82, 2.24) is 4.90 Å². The van der Waals surface area contributed by atoms with Gasteiger partial charge < -0.3 is 10.6 Å². The Kier molecular flexibility index (Phi) is 3.63. The van der Waals surface area contributed by atoms with E-state index in [-0.39, 0.29) is 11.6 Å². The van der Waals surface area contributed by atoms with E-state index >= 15 is 0 Å². The molecule has 1 spiro atoms. The Hall–Kier alpha value is -1.06. The standard InChI is InChI=1S/C15H27N3O/c1-5-18-13(19)17-12(16)15(18)9-6-7-11(8-10-15)14(2,3)4/h11H,5-10H2,1-4H3,(H2,16,17,19). The topological polar surface area (TPSA) is 58.7 Å². The number of likely N-dealkylation sites (N-methyl/N-ethyl adjacent to an activating group) is 1. The predicted molar refractivity (Wildman–Crippen MR) is 78.2 cm³/mol. The van der Waals surface area contributed by atoms with Crippen molar-refractivity contribution in [2.45, 2.75) is 65.3 Å². The van der Waals surface area contributed by atoms with Gasteiger partial charge >= 0.3 is 6.03 Å². The highest BCUT2D eigenvalue weighted by Crippen LogP contribution is 2.43. The number of aliphatic imine (C=N–C) groups is 1. The average molecular weight is 265 g/mol. The van der Waals surface area contributed by atoms with Gasteiger partial charge in [-0.05, 0) is 43.9 Å². The molecule has 2 unspecified atom stereocenters. The first-order valence-electron chi connectivity index (χ1n) is 7.47. The molecule has 2 rings (SSSR count). The van der Waals surface area contributed by atoms with E-state index in [1.165, 1.54) is 6.42 Å². The maximum Gasteiger partial charge on any atom is 0.346 e. The monoisotopic (exact) mass is 265 g/mol. The number of hydrogen-bond donors (Lipinski definition) is 1. The molecule has 19 heavy (non-hydrogen) atoms. The molecule has 108 valence electrons. The van der Waals surface area contributed by atoms with Crippen LogP contribution in [0.2, 0.25) is 0 Å². The molecule has 0 aromatic heterocycles. The van der Waals surface area contributed by atoms with Crippen LogP contribution in [0.1, 0.15) is 59.8 Å². The van der Waals surface area contributed by atoms with Crippen LogP contribution >= 0.6 is 0 Å². The van der Waals surface area contributed by atoms with Crippen molar-refractivity contribution in [3.8, 4) is 0 Å². The smallest absolute Gasteiger partial charge is 0.346 e. The predicted octanol–water partition coefficient (Wildman–Crippen LogP) is 3.16. The van der Waals surface area contributed by atoms with Gasteiger partial charge in [0.2, 0.25) is 0 Å². The number of rotatable bonds is 1. The SMILES string of the molecule is CCN1C(=O)N=C(N)C12CCCC(C(C)(C)C)CC2. The molecule has 4 nitrogen and oxygen atoms in total. The molecule has 0 aromatic rings. The molecule has 2 atom stereocenters. The number of amides is 2. The lowest BCUT2D eigenvalue weighted by molar-refractivity contribution is 0.159. The summed E-state index contributed by atoms with van der Waals surface area (Å²) in [5.41, 5.74) is 6.16. The van der Waals surface area contributed by atoms with Gasteiger partial charge in [0, 0.05) is 6.54 Å². The summed E-state index contributed by atoms with van der Waals surface area (Å²) in [5.74, 6) is 1.25. The Morgan fingerprint density at radius 3 is 2.63 bits per heavy atom. The Morgan fingerprint density at radius 2 is 2.05 bits per heavy atom. The zero-order chi connectivity index (χ0) is 14.3. The van der Waals surface area contributed by atoms with Crippen LogP contribution in [0.15, 0.2) is 4.99 Å². The second-order valence-corrected chi connectivity index (χ2v) is 7.05. The first kappa shape index (κ1) is 14.4. The van der Waals surface area contributed by atoms with Gasteiger partial charge in [0.25, 0.3) is 0 Å². The second kappa shape index (κ2) is 4.80. The highest BCUT2D eigenvalue weighted by molar-refractivity contribution is 6.05. The van der Waals surface area contributed by atoms with Crippen LogP contribution in [0.4, 0.5) is 4.79 Å². The maximum atomic E-state index is 11.9. The summed E-state index contributed by atoms with van der Waals surface area (Å²) < 4.78 is 0. The quantitative estimate of drug-likeness (QED) is 0.791. The summed E-state index contributed by atoms with van der Waals surface area (Å²) in [4.78, 5) is 17.8. The fourth-order valence-corrected chi connectivity index (χ4v) is 3.74. The number of urea groups is 1. The largest absolute Gasteiger partial charge is 0.385 e. The van der Waals surface area contributed by atoms with Crippen LogP contribution in [0, 0.1) is 11.3 Å². The summed E-state index contributed by atoms with van der Waals surface area (Å²) in [6.45, 7) is 9.64. The van der Waals surface area contributed by atoms with Crippen molar-refractivity contribution in [3.05, 3.63) is 0 Å². The molecule has 1 heterocycles. The number of nitrogens with two attached hydrogens (primary N) is 1. The highest BCUT2D eigenvalue weighted by Gasteiger charge is 2.48. The highest BCUT2D eigenvalue weighted by atomic mass is 16.2. The maximum absolute atomic E-state index is 11.9. The molecule has 1 fully saturated rings. The van der Waals surface area contributed by atoms with Crippen molar-refractivity contribution < 1.29 is 4.79 Å². The Bertz CT molecular complexity index is 397. The van der Waals surface area contributed by atoms with E-state index in [0.29, 0.717) is 23.7 Å². The number of nitrogens with zero attached hydrogens (tertiary/aromatic N) is 2.